The maximum atomic E-state index is 12.6. The Labute approximate surface area is 176 Å². The first-order valence-electron chi connectivity index (χ1n) is 9.28. The van der Waals surface area contributed by atoms with Crippen molar-refractivity contribution in [3.63, 3.8) is 0 Å². The third-order valence-electron chi connectivity index (χ3n) is 5.41. The molecule has 2 unspecified atom stereocenters. The summed E-state index contributed by atoms with van der Waals surface area (Å²) in [7, 11) is 0. The maximum absolute atomic E-state index is 12.6. The molecule has 1 fully saturated rings. The molecule has 0 amide bonds. The van der Waals surface area contributed by atoms with E-state index in [1.54, 1.807) is 0 Å². The van der Waals surface area contributed by atoms with Gasteiger partial charge in [-0.25, -0.2) is 0 Å². The minimum Gasteiger partial charge on any atom is -0.461 e. The molecule has 0 bridgehead atoms. The molecule has 1 saturated carbocycles. The zero-order valence-electron chi connectivity index (χ0n) is 16.2. The minimum absolute atomic E-state index is 0.111. The number of para-hydroxylation sites is 1. The molecular formula is C23H24Cl2O3. The van der Waals surface area contributed by atoms with Crippen molar-refractivity contribution >= 4 is 29.2 Å². The summed E-state index contributed by atoms with van der Waals surface area (Å²) in [4.78, 5) is 12.6. The van der Waals surface area contributed by atoms with E-state index < -0.39 is 0 Å². The van der Waals surface area contributed by atoms with Gasteiger partial charge < -0.3 is 9.47 Å². The molecule has 5 heteroatoms. The van der Waals surface area contributed by atoms with Gasteiger partial charge in [0.2, 0.25) is 0 Å². The van der Waals surface area contributed by atoms with Crippen LogP contribution in [0.1, 0.15) is 32.8 Å². The van der Waals surface area contributed by atoms with E-state index in [9.17, 15) is 4.79 Å². The Kier molecular flexibility index (Phi) is 6.36. The average molecular weight is 419 g/mol. The van der Waals surface area contributed by atoms with Crippen molar-refractivity contribution in [1.82, 2.24) is 0 Å². The van der Waals surface area contributed by atoms with Crippen LogP contribution in [0.4, 0.5) is 0 Å². The van der Waals surface area contributed by atoms with Crippen LogP contribution in [0.2, 0.25) is 0 Å². The van der Waals surface area contributed by atoms with E-state index in [2.05, 4.69) is 13.8 Å². The Hall–Kier alpha value is -1.97. The highest BCUT2D eigenvalue weighted by Crippen LogP contribution is 2.61. The second-order valence-electron chi connectivity index (χ2n) is 7.82. The van der Waals surface area contributed by atoms with Crippen molar-refractivity contribution < 1.29 is 14.3 Å². The van der Waals surface area contributed by atoms with Gasteiger partial charge in [-0.2, -0.15) is 0 Å². The number of halogens is 2. The number of benzene rings is 2. The molecule has 1 aliphatic carbocycles. The van der Waals surface area contributed by atoms with Gasteiger partial charge in [-0.1, -0.05) is 67.4 Å². The van der Waals surface area contributed by atoms with Crippen molar-refractivity contribution in [2.75, 3.05) is 0 Å². The maximum Gasteiger partial charge on any atom is 0.310 e. The van der Waals surface area contributed by atoms with Crippen molar-refractivity contribution in [1.29, 1.82) is 0 Å². The zero-order chi connectivity index (χ0) is 20.3. The number of esters is 1. The van der Waals surface area contributed by atoms with Gasteiger partial charge in [0, 0.05) is 0 Å². The zero-order valence-corrected chi connectivity index (χ0v) is 17.8. The number of hydrogen-bond donors (Lipinski definition) is 0. The normalized spacial score (nSPS) is 19.6. The summed E-state index contributed by atoms with van der Waals surface area (Å²) in [5.41, 5.74) is 1.68. The molecule has 0 aliphatic heterocycles. The fourth-order valence-electron chi connectivity index (χ4n) is 3.57. The predicted octanol–water partition coefficient (Wildman–Crippen LogP) is 6.89. The lowest BCUT2D eigenvalue weighted by Gasteiger charge is -2.09. The van der Waals surface area contributed by atoms with Gasteiger partial charge in [0.15, 0.2) is 0 Å². The quantitative estimate of drug-likeness (QED) is 0.458. The van der Waals surface area contributed by atoms with Gasteiger partial charge >= 0.3 is 5.97 Å². The number of allylic oxidation sites excluding steroid dienone is 1. The summed E-state index contributed by atoms with van der Waals surface area (Å²) >= 11 is 11.7. The van der Waals surface area contributed by atoms with Gasteiger partial charge in [0.1, 0.15) is 22.6 Å². The third kappa shape index (κ3) is 4.89. The Morgan fingerprint density at radius 2 is 1.71 bits per heavy atom. The molecule has 0 aromatic heterocycles. The first-order chi connectivity index (χ1) is 13.3. The molecular weight excluding hydrogens is 395 g/mol. The number of carbonyl (C=O) groups excluding carboxylic acids is 1. The smallest absolute Gasteiger partial charge is 0.310 e. The fraction of sp³-hybridized carbons (Fsp3) is 0.348. The highest BCUT2D eigenvalue weighted by molar-refractivity contribution is 6.56. The van der Waals surface area contributed by atoms with Crippen LogP contribution in [-0.4, -0.2) is 5.97 Å². The molecule has 3 nitrogen and oxygen atoms in total. The van der Waals surface area contributed by atoms with Crippen LogP contribution < -0.4 is 4.74 Å². The lowest BCUT2D eigenvalue weighted by atomic mass is 10.0. The largest absolute Gasteiger partial charge is 0.461 e. The van der Waals surface area contributed by atoms with E-state index in [4.69, 9.17) is 32.7 Å². The van der Waals surface area contributed by atoms with Crippen molar-refractivity contribution in [2.45, 2.75) is 33.8 Å². The standard InChI is InChI=1S/C23H24Cl2O3/c1-15(21(24)25)12-19-20(23(19,2)3)22(26)27-14-16-8-7-11-18(13-16)28-17-9-5-4-6-10-17/h4-11,13,19-20H,12,14H2,1-3H3. The molecule has 0 radical (unpaired) electrons. The number of rotatable bonds is 7. The number of ether oxygens (including phenoxy) is 2. The van der Waals surface area contributed by atoms with Gasteiger partial charge in [0.25, 0.3) is 0 Å². The third-order valence-corrected chi connectivity index (χ3v) is 6.06. The van der Waals surface area contributed by atoms with E-state index in [-0.39, 0.29) is 34.3 Å². The summed E-state index contributed by atoms with van der Waals surface area (Å²) in [5.74, 6) is 1.35. The second kappa shape index (κ2) is 8.59. The summed E-state index contributed by atoms with van der Waals surface area (Å²) in [6.45, 7) is 6.26. The van der Waals surface area contributed by atoms with Crippen LogP contribution in [0, 0.1) is 17.3 Å². The molecule has 148 valence electrons. The molecule has 2 aromatic rings. The van der Waals surface area contributed by atoms with Crippen molar-refractivity contribution in [2.24, 2.45) is 17.3 Å². The van der Waals surface area contributed by atoms with Crippen LogP contribution in [0.5, 0.6) is 11.5 Å². The summed E-state index contributed by atoms with van der Waals surface area (Å²) in [5, 5.41) is 0. The number of carbonyl (C=O) groups is 1. The van der Waals surface area contributed by atoms with E-state index in [1.807, 2.05) is 61.5 Å². The van der Waals surface area contributed by atoms with E-state index in [0.717, 1.165) is 16.9 Å². The highest BCUT2D eigenvalue weighted by Gasteiger charge is 2.62. The molecule has 0 spiro atoms. The van der Waals surface area contributed by atoms with Crippen LogP contribution in [-0.2, 0) is 16.1 Å². The van der Waals surface area contributed by atoms with Gasteiger partial charge in [0.05, 0.1) is 5.92 Å². The highest BCUT2D eigenvalue weighted by atomic mass is 35.5. The monoisotopic (exact) mass is 418 g/mol. The molecule has 3 rings (SSSR count). The molecule has 2 atom stereocenters. The Bertz CT molecular complexity index is 870. The first kappa shape index (κ1) is 20.8. The second-order valence-corrected chi connectivity index (χ2v) is 8.77. The van der Waals surface area contributed by atoms with Crippen LogP contribution in [0.3, 0.4) is 0 Å². The lowest BCUT2D eigenvalue weighted by Crippen LogP contribution is -2.10. The molecule has 0 N–H and O–H groups in total. The summed E-state index contributed by atoms with van der Waals surface area (Å²) < 4.78 is 11.7. The number of hydrogen-bond acceptors (Lipinski definition) is 3. The predicted molar refractivity (Wildman–Crippen MR) is 113 cm³/mol. The van der Waals surface area contributed by atoms with Gasteiger partial charge in [-0.3, -0.25) is 4.79 Å². The summed E-state index contributed by atoms with van der Waals surface area (Å²) in [6, 6.07) is 17.1. The van der Waals surface area contributed by atoms with Gasteiger partial charge in [-0.15, -0.1) is 0 Å². The summed E-state index contributed by atoms with van der Waals surface area (Å²) in [6.07, 6.45) is 0.704. The molecule has 0 saturated heterocycles. The van der Waals surface area contributed by atoms with Crippen molar-refractivity contribution in [3.8, 4) is 11.5 Å². The Balaban J connectivity index is 1.58. The fourth-order valence-corrected chi connectivity index (χ4v) is 3.72. The lowest BCUT2D eigenvalue weighted by molar-refractivity contribution is -0.147. The topological polar surface area (TPSA) is 35.5 Å². The van der Waals surface area contributed by atoms with Crippen molar-refractivity contribution in [3.05, 3.63) is 70.2 Å². The van der Waals surface area contributed by atoms with E-state index in [0.29, 0.717) is 12.2 Å². The SMILES string of the molecule is CC(CC1C(C(=O)OCc2cccc(Oc3ccccc3)c2)C1(C)C)=C(Cl)Cl. The van der Waals surface area contributed by atoms with E-state index in [1.165, 1.54) is 0 Å². The molecule has 2 aromatic carbocycles. The average Bonchev–Trinajstić information content (AvgIpc) is 3.21. The first-order valence-corrected chi connectivity index (χ1v) is 10.0. The Morgan fingerprint density at radius 3 is 2.39 bits per heavy atom. The molecule has 0 heterocycles. The Morgan fingerprint density at radius 1 is 1.04 bits per heavy atom. The van der Waals surface area contributed by atoms with Crippen LogP contribution in [0.25, 0.3) is 0 Å². The molecule has 1 aliphatic rings. The van der Waals surface area contributed by atoms with Crippen LogP contribution in [0.15, 0.2) is 64.7 Å². The van der Waals surface area contributed by atoms with E-state index >= 15 is 0 Å². The van der Waals surface area contributed by atoms with Crippen LogP contribution >= 0.6 is 23.2 Å². The molecule has 28 heavy (non-hydrogen) atoms. The van der Waals surface area contributed by atoms with Gasteiger partial charge in [-0.05, 0) is 60.1 Å². The minimum atomic E-state index is -0.178.